The van der Waals surface area contributed by atoms with Gasteiger partial charge in [0.05, 0.1) is 5.75 Å². The molecular formula is C12H22N4O2S. The summed E-state index contributed by atoms with van der Waals surface area (Å²) in [5.74, 6) is 1.14. The number of sulfonamides is 1. The first-order chi connectivity index (χ1) is 9.02. The average molecular weight is 286 g/mol. The van der Waals surface area contributed by atoms with E-state index >= 15 is 0 Å². The lowest BCUT2D eigenvalue weighted by atomic mass is 10.4. The van der Waals surface area contributed by atoms with Gasteiger partial charge >= 0.3 is 0 Å². The lowest BCUT2D eigenvalue weighted by Crippen LogP contribution is -2.23. The minimum absolute atomic E-state index is 0.114. The van der Waals surface area contributed by atoms with Crippen molar-refractivity contribution in [2.75, 3.05) is 28.5 Å². The molecule has 0 atom stereocenters. The Morgan fingerprint density at radius 2 is 1.84 bits per heavy atom. The Balaban J connectivity index is 2.71. The van der Waals surface area contributed by atoms with Crippen LogP contribution in [-0.2, 0) is 10.0 Å². The second-order valence-electron chi connectivity index (χ2n) is 4.22. The fourth-order valence-electron chi connectivity index (χ4n) is 1.64. The molecule has 0 aliphatic heterocycles. The highest BCUT2D eigenvalue weighted by Crippen LogP contribution is 2.12. The second kappa shape index (κ2) is 7.28. The van der Waals surface area contributed by atoms with E-state index in [-0.39, 0.29) is 11.6 Å². The maximum absolute atomic E-state index is 11.7. The highest BCUT2D eigenvalue weighted by Gasteiger charge is 2.11. The second-order valence-corrected chi connectivity index (χ2v) is 6.07. The average Bonchev–Trinajstić information content (AvgIpc) is 2.39. The Morgan fingerprint density at radius 1 is 1.16 bits per heavy atom. The number of unbranched alkanes of at least 4 members (excludes halogenated alkanes) is 1. The first kappa shape index (κ1) is 15.7. The van der Waals surface area contributed by atoms with Crippen LogP contribution in [0.3, 0.4) is 0 Å². The van der Waals surface area contributed by atoms with E-state index < -0.39 is 10.0 Å². The number of rotatable bonds is 8. The van der Waals surface area contributed by atoms with Crippen molar-refractivity contribution in [2.24, 2.45) is 0 Å². The molecule has 0 spiro atoms. The standard InChI is InChI=1S/C12H22N4O2S/c1-4-7-10-19(17,18)15-11-8-9-12(14-13-11)16(5-2)6-3/h8-9H,4-7,10H2,1-3H3,(H,13,15). The molecule has 0 unspecified atom stereocenters. The molecule has 1 heterocycles. The molecule has 1 aromatic heterocycles. The number of hydrogen-bond donors (Lipinski definition) is 1. The smallest absolute Gasteiger partial charge is 0.233 e. The van der Waals surface area contributed by atoms with Crippen LogP contribution < -0.4 is 9.62 Å². The van der Waals surface area contributed by atoms with Crippen molar-refractivity contribution in [3.8, 4) is 0 Å². The Kier molecular flexibility index (Phi) is 6.01. The maximum Gasteiger partial charge on any atom is 0.233 e. The van der Waals surface area contributed by atoms with Crippen LogP contribution >= 0.6 is 0 Å². The summed E-state index contributed by atoms with van der Waals surface area (Å²) in [6, 6.07) is 3.42. The summed E-state index contributed by atoms with van der Waals surface area (Å²) in [7, 11) is -3.31. The van der Waals surface area contributed by atoms with Crippen molar-refractivity contribution < 1.29 is 8.42 Å². The monoisotopic (exact) mass is 286 g/mol. The summed E-state index contributed by atoms with van der Waals surface area (Å²) in [6.07, 6.45) is 1.48. The molecule has 1 rings (SSSR count). The van der Waals surface area contributed by atoms with Crippen molar-refractivity contribution in [3.05, 3.63) is 12.1 Å². The summed E-state index contributed by atoms with van der Waals surface area (Å²) in [5.41, 5.74) is 0. The topological polar surface area (TPSA) is 75.2 Å². The van der Waals surface area contributed by atoms with E-state index in [0.717, 1.165) is 25.3 Å². The van der Waals surface area contributed by atoms with Crippen molar-refractivity contribution in [2.45, 2.75) is 33.6 Å². The van der Waals surface area contributed by atoms with Gasteiger partial charge in [0.25, 0.3) is 0 Å². The summed E-state index contributed by atoms with van der Waals surface area (Å²) < 4.78 is 25.8. The van der Waals surface area contributed by atoms with Crippen molar-refractivity contribution in [1.82, 2.24) is 10.2 Å². The van der Waals surface area contributed by atoms with E-state index in [0.29, 0.717) is 6.42 Å². The highest BCUT2D eigenvalue weighted by atomic mass is 32.2. The van der Waals surface area contributed by atoms with Gasteiger partial charge in [-0.3, -0.25) is 4.72 Å². The number of nitrogens with zero attached hydrogens (tertiary/aromatic N) is 3. The molecule has 0 saturated carbocycles. The van der Waals surface area contributed by atoms with Crippen LogP contribution in [-0.4, -0.2) is 37.5 Å². The fourth-order valence-corrected chi connectivity index (χ4v) is 2.84. The normalized spacial score (nSPS) is 11.3. The third-order valence-electron chi connectivity index (χ3n) is 2.76. The van der Waals surface area contributed by atoms with Gasteiger partial charge in [0, 0.05) is 13.1 Å². The minimum Gasteiger partial charge on any atom is -0.356 e. The van der Waals surface area contributed by atoms with Gasteiger partial charge in [-0.05, 0) is 32.4 Å². The zero-order valence-corrected chi connectivity index (χ0v) is 12.6. The molecule has 0 aliphatic carbocycles. The zero-order valence-electron chi connectivity index (χ0n) is 11.8. The Hall–Kier alpha value is -1.37. The molecular weight excluding hydrogens is 264 g/mol. The summed E-state index contributed by atoms with van der Waals surface area (Å²) in [4.78, 5) is 2.04. The number of hydrogen-bond acceptors (Lipinski definition) is 5. The molecule has 0 bridgehead atoms. The van der Waals surface area contributed by atoms with E-state index in [4.69, 9.17) is 0 Å². The van der Waals surface area contributed by atoms with Crippen molar-refractivity contribution >= 4 is 21.7 Å². The maximum atomic E-state index is 11.7. The lowest BCUT2D eigenvalue weighted by molar-refractivity contribution is 0.597. The van der Waals surface area contributed by atoms with E-state index in [1.165, 1.54) is 0 Å². The largest absolute Gasteiger partial charge is 0.356 e. The van der Waals surface area contributed by atoms with Crippen molar-refractivity contribution in [1.29, 1.82) is 0 Å². The first-order valence-corrected chi connectivity index (χ1v) is 8.26. The van der Waals surface area contributed by atoms with Crippen LogP contribution in [0.1, 0.15) is 33.6 Å². The van der Waals surface area contributed by atoms with Crippen LogP contribution in [0.5, 0.6) is 0 Å². The molecule has 0 fully saturated rings. The quantitative estimate of drug-likeness (QED) is 0.789. The molecule has 0 saturated heterocycles. The molecule has 1 N–H and O–H groups in total. The third kappa shape index (κ3) is 5.02. The number of nitrogens with one attached hydrogen (secondary N) is 1. The molecule has 0 radical (unpaired) electrons. The first-order valence-electron chi connectivity index (χ1n) is 6.61. The molecule has 6 nitrogen and oxygen atoms in total. The predicted molar refractivity (Wildman–Crippen MR) is 77.9 cm³/mol. The predicted octanol–water partition coefficient (Wildman–Crippen LogP) is 1.86. The van der Waals surface area contributed by atoms with Gasteiger partial charge in [0.2, 0.25) is 10.0 Å². The molecule has 108 valence electrons. The van der Waals surface area contributed by atoms with Crippen LogP contribution in [0.15, 0.2) is 12.1 Å². The summed E-state index contributed by atoms with van der Waals surface area (Å²) in [6.45, 7) is 7.70. The molecule has 0 aliphatic rings. The lowest BCUT2D eigenvalue weighted by Gasteiger charge is -2.18. The number of aromatic nitrogens is 2. The zero-order chi connectivity index (χ0) is 14.3. The SMILES string of the molecule is CCCCS(=O)(=O)Nc1ccc(N(CC)CC)nn1. The number of anilines is 2. The van der Waals surface area contributed by atoms with Gasteiger partial charge in [0.1, 0.15) is 0 Å². The van der Waals surface area contributed by atoms with Gasteiger partial charge in [-0.15, -0.1) is 10.2 Å². The van der Waals surface area contributed by atoms with Crippen LogP contribution in [0.25, 0.3) is 0 Å². The third-order valence-corrected chi connectivity index (χ3v) is 4.11. The van der Waals surface area contributed by atoms with Gasteiger partial charge < -0.3 is 4.90 Å². The molecule has 0 amide bonds. The van der Waals surface area contributed by atoms with E-state index in [1.807, 2.05) is 25.7 Å². The molecule has 0 aromatic carbocycles. The summed E-state index contributed by atoms with van der Waals surface area (Å²) in [5, 5.41) is 7.94. The Morgan fingerprint density at radius 3 is 2.32 bits per heavy atom. The Labute approximate surface area is 115 Å². The van der Waals surface area contributed by atoms with E-state index in [2.05, 4.69) is 14.9 Å². The van der Waals surface area contributed by atoms with Gasteiger partial charge in [-0.1, -0.05) is 13.3 Å². The van der Waals surface area contributed by atoms with Gasteiger partial charge in [-0.25, -0.2) is 8.42 Å². The highest BCUT2D eigenvalue weighted by molar-refractivity contribution is 7.92. The van der Waals surface area contributed by atoms with Crippen LogP contribution in [0, 0.1) is 0 Å². The Bertz CT molecular complexity index is 469. The molecule has 19 heavy (non-hydrogen) atoms. The van der Waals surface area contributed by atoms with Crippen LogP contribution in [0.2, 0.25) is 0 Å². The molecule has 7 heteroatoms. The fraction of sp³-hybridized carbons (Fsp3) is 0.667. The van der Waals surface area contributed by atoms with Gasteiger partial charge in [-0.2, -0.15) is 0 Å². The molecule has 1 aromatic rings. The van der Waals surface area contributed by atoms with Crippen LogP contribution in [0.4, 0.5) is 11.6 Å². The van der Waals surface area contributed by atoms with Gasteiger partial charge in [0.15, 0.2) is 11.6 Å². The summed E-state index contributed by atoms with van der Waals surface area (Å²) >= 11 is 0. The minimum atomic E-state index is -3.31. The van der Waals surface area contributed by atoms with Crippen molar-refractivity contribution in [3.63, 3.8) is 0 Å². The van der Waals surface area contributed by atoms with E-state index in [1.54, 1.807) is 12.1 Å². The van der Waals surface area contributed by atoms with E-state index in [9.17, 15) is 8.42 Å².